The molecule has 3 rings (SSSR count). The lowest BCUT2D eigenvalue weighted by Crippen LogP contribution is -2.17. The molecule has 2 atom stereocenters. The van der Waals surface area contributed by atoms with Gasteiger partial charge in [-0.15, -0.1) is 0 Å². The molecule has 2 aliphatic rings. The monoisotopic (exact) mass is 352 g/mol. The van der Waals surface area contributed by atoms with Gasteiger partial charge >= 0.3 is 0 Å². The van der Waals surface area contributed by atoms with Crippen molar-refractivity contribution in [3.8, 4) is 0 Å². The summed E-state index contributed by atoms with van der Waals surface area (Å²) < 4.78 is 0. The van der Waals surface area contributed by atoms with E-state index in [0.717, 1.165) is 6.42 Å². The fourth-order valence-electron chi connectivity index (χ4n) is 3.69. The minimum Gasteiger partial charge on any atom is -0.0949 e. The Morgan fingerprint density at radius 2 is 1.54 bits per heavy atom. The van der Waals surface area contributed by atoms with Crippen molar-refractivity contribution in [2.45, 2.75) is 80.1 Å². The van der Waals surface area contributed by atoms with E-state index >= 15 is 0 Å². The van der Waals surface area contributed by atoms with Crippen molar-refractivity contribution in [3.05, 3.63) is 83.0 Å². The smallest absolute Gasteiger partial charge is 0.0336 e. The highest BCUT2D eigenvalue weighted by atomic mass is 14.4. The van der Waals surface area contributed by atoms with Gasteiger partial charge in [-0.3, -0.25) is 0 Å². The highest BCUT2D eigenvalue weighted by Crippen LogP contribution is 2.48. The molecule has 144 valence electrons. The topological polar surface area (TPSA) is 0 Å². The summed E-state index contributed by atoms with van der Waals surface area (Å²) in [5.41, 5.74) is 7.15. The molecule has 2 aliphatic carbocycles. The van der Waals surface area contributed by atoms with Crippen LogP contribution in [0.25, 0.3) is 0 Å². The molecule has 2 bridgehead atoms. The van der Waals surface area contributed by atoms with Crippen LogP contribution in [-0.4, -0.2) is 0 Å². The third-order valence-electron chi connectivity index (χ3n) is 4.64. The Balaban J connectivity index is 0.000000948. The Morgan fingerprint density at radius 3 is 2.12 bits per heavy atom. The van der Waals surface area contributed by atoms with Gasteiger partial charge in [0.1, 0.15) is 0 Å². The quantitative estimate of drug-likeness (QED) is 0.474. The van der Waals surface area contributed by atoms with Gasteiger partial charge in [-0.25, -0.2) is 0 Å². The first-order valence-corrected chi connectivity index (χ1v) is 10.5. The predicted octanol–water partition coefficient (Wildman–Crippen LogP) is 8.74. The van der Waals surface area contributed by atoms with Crippen molar-refractivity contribution in [3.63, 3.8) is 0 Å². The summed E-state index contributed by atoms with van der Waals surface area (Å²) in [6.07, 6.45) is 11.3. The lowest BCUT2D eigenvalue weighted by Gasteiger charge is -2.34. The van der Waals surface area contributed by atoms with Gasteiger partial charge < -0.3 is 0 Å². The summed E-state index contributed by atoms with van der Waals surface area (Å²) in [4.78, 5) is 0. The normalized spacial score (nSPS) is 21.6. The van der Waals surface area contributed by atoms with Crippen LogP contribution in [0.2, 0.25) is 0 Å². The molecule has 2 unspecified atom stereocenters. The average molecular weight is 353 g/mol. The van der Waals surface area contributed by atoms with Crippen LogP contribution in [0.4, 0.5) is 0 Å². The second kappa shape index (κ2) is 13.4. The van der Waals surface area contributed by atoms with Crippen LogP contribution in [0, 0.1) is 0 Å². The van der Waals surface area contributed by atoms with Gasteiger partial charge in [-0.1, -0.05) is 102 Å². The molecule has 1 aromatic rings. The van der Waals surface area contributed by atoms with Crippen molar-refractivity contribution in [1.29, 1.82) is 0 Å². The molecule has 0 nitrogen and oxygen atoms in total. The van der Waals surface area contributed by atoms with Crippen LogP contribution in [0.5, 0.6) is 0 Å². The van der Waals surface area contributed by atoms with Crippen LogP contribution < -0.4 is 0 Å². The lowest BCUT2D eigenvalue weighted by molar-refractivity contribution is 0.677. The molecule has 0 saturated carbocycles. The van der Waals surface area contributed by atoms with E-state index in [0.29, 0.717) is 11.8 Å². The van der Waals surface area contributed by atoms with E-state index in [1.807, 2.05) is 41.5 Å². The van der Waals surface area contributed by atoms with Crippen LogP contribution in [0.1, 0.15) is 91.2 Å². The Morgan fingerprint density at radius 1 is 0.962 bits per heavy atom. The summed E-state index contributed by atoms with van der Waals surface area (Å²) in [7, 11) is 0. The highest BCUT2D eigenvalue weighted by Gasteiger charge is 2.32. The van der Waals surface area contributed by atoms with E-state index in [2.05, 4.69) is 69.0 Å². The summed E-state index contributed by atoms with van der Waals surface area (Å²) in [5, 5.41) is 0. The maximum Gasteiger partial charge on any atom is 0.0336 e. The summed E-state index contributed by atoms with van der Waals surface area (Å²) >= 11 is 0. The fourth-order valence-corrected chi connectivity index (χ4v) is 3.69. The molecule has 0 heterocycles. The molecule has 0 aromatic heterocycles. The van der Waals surface area contributed by atoms with E-state index < -0.39 is 0 Å². The van der Waals surface area contributed by atoms with Gasteiger partial charge in [0, 0.05) is 11.8 Å². The maximum atomic E-state index is 4.35. The summed E-state index contributed by atoms with van der Waals surface area (Å²) in [5.74, 6) is 0.886. The van der Waals surface area contributed by atoms with E-state index in [1.54, 1.807) is 0 Å². The van der Waals surface area contributed by atoms with E-state index in [9.17, 15) is 0 Å². The molecule has 26 heavy (non-hydrogen) atoms. The molecule has 0 aliphatic heterocycles. The van der Waals surface area contributed by atoms with E-state index in [1.165, 1.54) is 34.3 Å². The first kappa shape index (κ1) is 24.2. The molecule has 1 aromatic carbocycles. The predicted molar refractivity (Wildman–Crippen MR) is 121 cm³/mol. The standard InChI is InChI=1S/C20H22.3C2H6/c1-4-9-17-15(3)16-11-6-5-10-14(2)20(17)19-13-8-7-12-18(16)19;3*1-2/h4-5,7-10,12-13,16,20H,2,6,11H2,1,3H3;3*1-2H3/b9-4-,10-5-;;;. The van der Waals surface area contributed by atoms with Gasteiger partial charge in [-0.05, 0) is 49.0 Å². The lowest BCUT2D eigenvalue weighted by atomic mass is 9.70. The minimum absolute atomic E-state index is 0.327. The molecule has 0 amide bonds. The number of allylic oxidation sites excluding steroid dienone is 7. The van der Waals surface area contributed by atoms with Gasteiger partial charge in [0.15, 0.2) is 0 Å². The molecular weight excluding hydrogens is 312 g/mol. The third-order valence-corrected chi connectivity index (χ3v) is 4.64. The zero-order chi connectivity index (χ0) is 20.1. The van der Waals surface area contributed by atoms with Crippen molar-refractivity contribution in [1.82, 2.24) is 0 Å². The summed E-state index contributed by atoms with van der Waals surface area (Å²) in [6, 6.07) is 8.92. The molecule has 0 saturated heterocycles. The van der Waals surface area contributed by atoms with Crippen molar-refractivity contribution < 1.29 is 0 Å². The summed E-state index contributed by atoms with van der Waals surface area (Å²) in [6.45, 7) is 20.8. The number of benzene rings is 1. The van der Waals surface area contributed by atoms with Gasteiger partial charge in [0.25, 0.3) is 0 Å². The first-order chi connectivity index (χ1) is 12.7. The fraction of sp³-hybridized carbons (Fsp3) is 0.462. The molecule has 0 spiro atoms. The first-order valence-electron chi connectivity index (χ1n) is 10.5. The van der Waals surface area contributed by atoms with Crippen molar-refractivity contribution in [2.24, 2.45) is 0 Å². The van der Waals surface area contributed by atoms with Crippen LogP contribution >= 0.6 is 0 Å². The van der Waals surface area contributed by atoms with Gasteiger partial charge in [0.2, 0.25) is 0 Å². The number of fused-ring (bicyclic) bond motifs is 5. The van der Waals surface area contributed by atoms with Crippen molar-refractivity contribution in [2.75, 3.05) is 0 Å². The van der Waals surface area contributed by atoms with Crippen LogP contribution in [-0.2, 0) is 0 Å². The largest absolute Gasteiger partial charge is 0.0949 e. The van der Waals surface area contributed by atoms with Gasteiger partial charge in [0.05, 0.1) is 0 Å². The zero-order valence-corrected chi connectivity index (χ0v) is 18.4. The highest BCUT2D eigenvalue weighted by molar-refractivity contribution is 5.57. The Hall–Kier alpha value is -1.82. The maximum absolute atomic E-state index is 4.35. The third kappa shape index (κ3) is 5.34. The number of hydrogen-bond acceptors (Lipinski definition) is 0. The molecule has 0 N–H and O–H groups in total. The Bertz CT molecular complexity index is 625. The SMILES string of the molecule is C=C1/C=C\CCC2C(C)=C(/C=C\C)C1c1ccccc12.CC.CC.CC. The molecule has 0 radical (unpaired) electrons. The molecule has 0 fully saturated rings. The second-order valence-corrected chi connectivity index (χ2v) is 5.81. The zero-order valence-electron chi connectivity index (χ0n) is 18.4. The minimum atomic E-state index is 0.327. The number of rotatable bonds is 1. The van der Waals surface area contributed by atoms with E-state index in [4.69, 9.17) is 0 Å². The number of hydrogen-bond donors (Lipinski definition) is 0. The van der Waals surface area contributed by atoms with E-state index in [-0.39, 0.29) is 0 Å². The van der Waals surface area contributed by atoms with Crippen LogP contribution in [0.3, 0.4) is 0 Å². The van der Waals surface area contributed by atoms with Crippen molar-refractivity contribution >= 4 is 0 Å². The van der Waals surface area contributed by atoms with Gasteiger partial charge in [-0.2, -0.15) is 0 Å². The molecule has 0 heteroatoms. The Kier molecular flexibility index (Phi) is 12.5. The second-order valence-electron chi connectivity index (χ2n) is 5.81. The average Bonchev–Trinajstić information content (AvgIpc) is 2.81. The molecular formula is C26H40. The van der Waals surface area contributed by atoms with Crippen LogP contribution in [0.15, 0.2) is 71.9 Å². The Labute approximate surface area is 163 Å².